The third-order valence-electron chi connectivity index (χ3n) is 6.86. The van der Waals surface area contributed by atoms with Crippen LogP contribution in [-0.2, 0) is 16.0 Å². The molecule has 8 N–H and O–H groups in total. The number of aliphatic hydroxyl groups is 4. The van der Waals surface area contributed by atoms with Gasteiger partial charge < -0.3 is 31.9 Å². The van der Waals surface area contributed by atoms with Crippen molar-refractivity contribution in [1.29, 1.82) is 0 Å². The number of likely N-dealkylation sites (N-methyl/N-ethyl adjacent to an activating group) is 1. The van der Waals surface area contributed by atoms with Gasteiger partial charge in [-0.1, -0.05) is 6.07 Å². The van der Waals surface area contributed by atoms with Gasteiger partial charge in [0.25, 0.3) is 5.91 Å². The second-order valence-electron chi connectivity index (χ2n) is 8.90. The molecule has 1 fully saturated rings. The van der Waals surface area contributed by atoms with Gasteiger partial charge in [-0.3, -0.25) is 19.3 Å². The Morgan fingerprint density at radius 3 is 2.34 bits per heavy atom. The monoisotopic (exact) mass is 443 g/mol. The Bertz CT molecular complexity index is 1120. The van der Waals surface area contributed by atoms with Crippen molar-refractivity contribution >= 4 is 23.4 Å². The minimum absolute atomic E-state index is 0.00411. The second kappa shape index (κ2) is 7.16. The fraction of sp³-hybridized carbons (Fsp3) is 0.409. The van der Waals surface area contributed by atoms with Gasteiger partial charge in [-0.25, -0.2) is 0 Å². The van der Waals surface area contributed by atoms with Crippen molar-refractivity contribution < 1.29 is 34.8 Å². The molecule has 0 heterocycles. The highest BCUT2D eigenvalue weighted by Gasteiger charge is 2.61. The number of rotatable bonds is 3. The molecule has 1 aromatic rings. The molecule has 32 heavy (non-hydrogen) atoms. The number of benzene rings is 1. The quantitative estimate of drug-likeness (QED) is 0.333. The number of fused-ring (bicyclic) bond motifs is 3. The first-order valence-electron chi connectivity index (χ1n) is 10.1. The summed E-state index contributed by atoms with van der Waals surface area (Å²) >= 11 is 0. The smallest absolute Gasteiger partial charge is 0.253 e. The highest BCUT2D eigenvalue weighted by Crippen LogP contribution is 2.52. The van der Waals surface area contributed by atoms with E-state index in [0.29, 0.717) is 12.0 Å². The number of aliphatic hydroxyl groups excluding tert-OH is 2. The van der Waals surface area contributed by atoms with E-state index < -0.39 is 58.5 Å². The van der Waals surface area contributed by atoms with E-state index in [-0.39, 0.29) is 28.9 Å². The largest absolute Gasteiger partial charge is 0.510 e. The summed E-state index contributed by atoms with van der Waals surface area (Å²) < 4.78 is 0. The van der Waals surface area contributed by atoms with Crippen LogP contribution >= 0.6 is 0 Å². The number of hydrogen-bond donors (Lipinski definition) is 6. The van der Waals surface area contributed by atoms with Gasteiger partial charge in [0.2, 0.25) is 11.7 Å². The van der Waals surface area contributed by atoms with Crippen LogP contribution < -0.4 is 11.5 Å². The molecule has 10 nitrogen and oxygen atoms in total. The Morgan fingerprint density at radius 1 is 1.12 bits per heavy atom. The van der Waals surface area contributed by atoms with Gasteiger partial charge in [-0.05, 0) is 56.5 Å². The molecule has 1 saturated carbocycles. The summed E-state index contributed by atoms with van der Waals surface area (Å²) in [6.45, 7) is 0. The number of Topliss-reactive ketones (excluding diaryl/α,β-unsaturated/α-hetero) is 1. The van der Waals surface area contributed by atoms with Crippen LogP contribution in [0, 0.1) is 17.8 Å². The highest BCUT2D eigenvalue weighted by atomic mass is 16.5. The zero-order chi connectivity index (χ0) is 23.7. The number of carbonyl (C=O) groups excluding carboxylic acids is 3. The first kappa shape index (κ1) is 22.0. The van der Waals surface area contributed by atoms with E-state index in [1.54, 1.807) is 25.1 Å². The van der Waals surface area contributed by atoms with Crippen LogP contribution in [0.4, 0.5) is 0 Å². The fourth-order valence-electron chi connectivity index (χ4n) is 5.60. The molecule has 2 amide bonds. The minimum atomic E-state index is -3.02. The van der Waals surface area contributed by atoms with E-state index in [0.717, 1.165) is 0 Å². The number of hydrogen-bond acceptors (Lipinski definition) is 8. The normalized spacial score (nSPS) is 28.8. The Balaban J connectivity index is 1.90. The summed E-state index contributed by atoms with van der Waals surface area (Å²) in [5, 5.41) is 43.4. The molecule has 0 bridgehead atoms. The number of nitrogens with zero attached hydrogens (tertiary/aromatic N) is 1. The number of allylic oxidation sites excluding steroid dienone is 1. The molecule has 3 aliphatic rings. The highest BCUT2D eigenvalue weighted by molar-refractivity contribution is 6.07. The summed E-state index contributed by atoms with van der Waals surface area (Å²) in [7, 11) is 3.26. The lowest BCUT2D eigenvalue weighted by molar-refractivity contribution is -0.203. The summed E-state index contributed by atoms with van der Waals surface area (Å²) in [4.78, 5) is 38.7. The lowest BCUT2D eigenvalue weighted by Gasteiger charge is -2.51. The molecule has 0 aliphatic heterocycles. The Hall–Kier alpha value is -3.21. The molecule has 0 saturated heterocycles. The van der Waals surface area contributed by atoms with E-state index in [1.165, 1.54) is 12.1 Å². The number of nitrogens with two attached hydrogens (primary N) is 2. The predicted molar refractivity (Wildman–Crippen MR) is 112 cm³/mol. The van der Waals surface area contributed by atoms with E-state index >= 15 is 0 Å². The molecule has 4 unspecified atom stereocenters. The van der Waals surface area contributed by atoms with Gasteiger partial charge in [-0.2, -0.15) is 0 Å². The van der Waals surface area contributed by atoms with Crippen LogP contribution in [0.25, 0.3) is 5.76 Å². The Kier molecular flexibility index (Phi) is 4.92. The second-order valence-corrected chi connectivity index (χ2v) is 8.90. The van der Waals surface area contributed by atoms with Crippen LogP contribution in [0.2, 0.25) is 0 Å². The van der Waals surface area contributed by atoms with Gasteiger partial charge in [0.1, 0.15) is 17.1 Å². The predicted octanol–water partition coefficient (Wildman–Crippen LogP) is -0.646. The standard InChI is InChI=1S/C22H25N3O7/c1-25(2)16-12-7-10-5-8-3-4-9(20(23)29)6-11(8)17(26)13(10)18(27)14(12)22(31,32)15(19(16)28)21(24)30/h3-4,6,10,12,14,16,26,28,31-32H,5,7H2,1-2H3,(H2,23,29)(H2,24,30). The van der Waals surface area contributed by atoms with Crippen molar-refractivity contribution in [3.05, 3.63) is 51.8 Å². The maximum atomic E-state index is 13.6. The summed E-state index contributed by atoms with van der Waals surface area (Å²) in [5.41, 5.74) is 10.9. The van der Waals surface area contributed by atoms with Crippen molar-refractivity contribution in [2.75, 3.05) is 14.1 Å². The zero-order valence-corrected chi connectivity index (χ0v) is 17.6. The molecule has 0 radical (unpaired) electrons. The van der Waals surface area contributed by atoms with Crippen LogP contribution in [-0.4, -0.2) is 68.8 Å². The molecule has 10 heteroatoms. The minimum Gasteiger partial charge on any atom is -0.510 e. The summed E-state index contributed by atoms with van der Waals surface area (Å²) in [6.07, 6.45) is 0.592. The van der Waals surface area contributed by atoms with Crippen molar-refractivity contribution in [3.63, 3.8) is 0 Å². The van der Waals surface area contributed by atoms with Crippen LogP contribution in [0.1, 0.15) is 27.9 Å². The molecule has 3 aliphatic carbocycles. The molecular formula is C22H25N3O7. The maximum absolute atomic E-state index is 13.6. The molecule has 0 spiro atoms. The van der Waals surface area contributed by atoms with Crippen molar-refractivity contribution in [2.45, 2.75) is 24.7 Å². The van der Waals surface area contributed by atoms with E-state index in [2.05, 4.69) is 0 Å². The first-order valence-corrected chi connectivity index (χ1v) is 10.1. The molecule has 4 atom stereocenters. The van der Waals surface area contributed by atoms with Gasteiger partial charge in [-0.15, -0.1) is 0 Å². The van der Waals surface area contributed by atoms with Gasteiger partial charge in [0, 0.05) is 16.7 Å². The van der Waals surface area contributed by atoms with Gasteiger partial charge in [0.05, 0.1) is 12.0 Å². The summed E-state index contributed by atoms with van der Waals surface area (Å²) in [6, 6.07) is 3.73. The Morgan fingerprint density at radius 2 is 1.78 bits per heavy atom. The maximum Gasteiger partial charge on any atom is 0.253 e. The lowest BCUT2D eigenvalue weighted by Crippen LogP contribution is -2.62. The van der Waals surface area contributed by atoms with Gasteiger partial charge >= 0.3 is 0 Å². The third kappa shape index (κ3) is 2.94. The van der Waals surface area contributed by atoms with Crippen molar-refractivity contribution in [2.24, 2.45) is 29.2 Å². The molecule has 1 aromatic carbocycles. The van der Waals surface area contributed by atoms with Crippen LogP contribution in [0.15, 0.2) is 35.1 Å². The van der Waals surface area contributed by atoms with E-state index in [1.807, 2.05) is 0 Å². The lowest BCUT2D eigenvalue weighted by atomic mass is 9.58. The number of primary amides is 2. The first-order chi connectivity index (χ1) is 14.9. The molecule has 0 aromatic heterocycles. The fourth-order valence-corrected chi connectivity index (χ4v) is 5.60. The average molecular weight is 443 g/mol. The van der Waals surface area contributed by atoms with Crippen LogP contribution in [0.3, 0.4) is 0 Å². The van der Waals surface area contributed by atoms with Gasteiger partial charge in [0.15, 0.2) is 5.78 Å². The zero-order valence-electron chi connectivity index (χ0n) is 17.6. The van der Waals surface area contributed by atoms with E-state index in [9.17, 15) is 34.8 Å². The molecule has 170 valence electrons. The Labute approximate surface area is 183 Å². The number of ketones is 1. The SMILES string of the molecule is CN(C)C1C(O)=C(C(N)=O)C(O)(O)C2C(=O)C3=C(O)c4cc(C(N)=O)ccc4CC3CC12. The van der Waals surface area contributed by atoms with E-state index in [4.69, 9.17) is 11.5 Å². The third-order valence-corrected chi connectivity index (χ3v) is 6.86. The van der Waals surface area contributed by atoms with Crippen molar-refractivity contribution in [3.8, 4) is 0 Å². The summed E-state index contributed by atoms with van der Waals surface area (Å²) in [5.74, 6) is -9.42. The molecular weight excluding hydrogens is 418 g/mol. The topological polar surface area (TPSA) is 187 Å². The van der Waals surface area contributed by atoms with Crippen LogP contribution in [0.5, 0.6) is 0 Å². The van der Waals surface area contributed by atoms with Crippen molar-refractivity contribution in [1.82, 2.24) is 4.90 Å². The molecule has 4 rings (SSSR count). The average Bonchev–Trinajstić information content (AvgIpc) is 2.65. The number of amides is 2. The number of carbonyl (C=O) groups is 3.